The fraction of sp³-hybridized carbons (Fsp3) is 0.500. The minimum Gasteiger partial charge on any atom is -0.508 e. The first-order chi connectivity index (χ1) is 16.0. The summed E-state index contributed by atoms with van der Waals surface area (Å²) in [5.74, 6) is -3.61. The van der Waals surface area contributed by atoms with Gasteiger partial charge in [-0.2, -0.15) is 0 Å². The summed E-state index contributed by atoms with van der Waals surface area (Å²) < 4.78 is 0. The van der Waals surface area contributed by atoms with Crippen molar-refractivity contribution in [1.82, 2.24) is 15.5 Å². The molecule has 1 aromatic carbocycles. The van der Waals surface area contributed by atoms with Crippen LogP contribution in [0.3, 0.4) is 0 Å². The van der Waals surface area contributed by atoms with E-state index in [4.69, 9.17) is 16.6 Å². The molecule has 1 aliphatic heterocycles. The molecule has 0 aliphatic carbocycles. The predicted molar refractivity (Wildman–Crippen MR) is 120 cm³/mol. The first-order valence-corrected chi connectivity index (χ1v) is 11.0. The van der Waals surface area contributed by atoms with Crippen LogP contribution in [0.25, 0.3) is 0 Å². The van der Waals surface area contributed by atoms with Crippen molar-refractivity contribution in [2.75, 3.05) is 6.54 Å². The van der Waals surface area contributed by atoms with Gasteiger partial charge in [-0.15, -0.1) is 0 Å². The molecule has 12 nitrogen and oxygen atoms in total. The minimum absolute atomic E-state index is 0.0702. The van der Waals surface area contributed by atoms with Gasteiger partial charge >= 0.3 is 5.97 Å². The van der Waals surface area contributed by atoms with Crippen LogP contribution in [0.1, 0.15) is 38.2 Å². The average Bonchev–Trinajstić information content (AvgIpc) is 3.27. The van der Waals surface area contributed by atoms with Crippen molar-refractivity contribution in [3.05, 3.63) is 29.8 Å². The number of carboxylic acids is 1. The Kier molecular flexibility index (Phi) is 9.36. The number of nitrogens with zero attached hydrogens (tertiary/aromatic N) is 1. The largest absolute Gasteiger partial charge is 0.508 e. The molecule has 0 saturated carbocycles. The maximum absolute atomic E-state index is 13.2. The lowest BCUT2D eigenvalue weighted by Gasteiger charge is -2.29. The van der Waals surface area contributed by atoms with E-state index in [0.717, 1.165) is 0 Å². The smallest absolute Gasteiger partial charge is 0.325 e. The molecular weight excluding hydrogens is 446 g/mol. The van der Waals surface area contributed by atoms with Gasteiger partial charge in [0.2, 0.25) is 23.6 Å². The molecule has 1 heterocycles. The first-order valence-electron chi connectivity index (χ1n) is 11.0. The van der Waals surface area contributed by atoms with E-state index in [1.54, 1.807) is 12.1 Å². The fourth-order valence-electron chi connectivity index (χ4n) is 3.68. The lowest BCUT2D eigenvalue weighted by molar-refractivity contribution is -0.144. The molecule has 1 aliphatic rings. The summed E-state index contributed by atoms with van der Waals surface area (Å²) in [5, 5.41) is 23.3. The van der Waals surface area contributed by atoms with Gasteiger partial charge in [0.1, 0.15) is 23.9 Å². The van der Waals surface area contributed by atoms with E-state index in [2.05, 4.69) is 10.6 Å². The number of nitrogens with one attached hydrogen (secondary N) is 2. The standard InChI is InChI=1S/C22H31N5O7/c1-12(22(33)34)25-20(31)17-3-2-10-27(17)21(32)16(8-9-18(24)29)26-19(30)15(23)11-13-4-6-14(28)7-5-13/h4-7,12,15-17,28H,2-3,8-11,23H2,1H3,(H2,24,29)(H,25,31)(H,26,30)(H,33,34). The molecular formula is C22H31N5O7. The molecule has 0 aromatic heterocycles. The van der Waals surface area contributed by atoms with Crippen molar-refractivity contribution in [3.8, 4) is 5.75 Å². The van der Waals surface area contributed by atoms with Crippen molar-refractivity contribution in [1.29, 1.82) is 0 Å². The number of likely N-dealkylation sites (tertiary alicyclic amines) is 1. The minimum atomic E-state index is -1.21. The molecule has 12 heteroatoms. The van der Waals surface area contributed by atoms with Gasteiger partial charge in [-0.05, 0) is 50.3 Å². The number of aromatic hydroxyl groups is 1. The van der Waals surface area contributed by atoms with E-state index >= 15 is 0 Å². The van der Waals surface area contributed by atoms with Crippen molar-refractivity contribution < 1.29 is 34.2 Å². The Morgan fingerprint density at radius 1 is 1.15 bits per heavy atom. The number of benzene rings is 1. The highest BCUT2D eigenvalue weighted by Gasteiger charge is 2.38. The predicted octanol–water partition coefficient (Wildman–Crippen LogP) is -1.41. The van der Waals surface area contributed by atoms with Crippen LogP contribution in [0.15, 0.2) is 24.3 Å². The van der Waals surface area contributed by atoms with Crippen LogP contribution < -0.4 is 22.1 Å². The zero-order valence-corrected chi connectivity index (χ0v) is 18.9. The average molecular weight is 478 g/mol. The Morgan fingerprint density at radius 3 is 2.38 bits per heavy atom. The number of phenols is 1. The molecule has 34 heavy (non-hydrogen) atoms. The van der Waals surface area contributed by atoms with Gasteiger partial charge < -0.3 is 37.2 Å². The zero-order chi connectivity index (χ0) is 25.4. The number of carboxylic acid groups (broad SMARTS) is 1. The van der Waals surface area contributed by atoms with Gasteiger partial charge in [0.05, 0.1) is 6.04 Å². The number of hydrogen-bond acceptors (Lipinski definition) is 7. The topological polar surface area (TPSA) is 205 Å². The Labute approximate surface area is 196 Å². The molecule has 1 saturated heterocycles. The Hall–Kier alpha value is -3.67. The van der Waals surface area contributed by atoms with E-state index in [1.807, 2.05) is 0 Å². The van der Waals surface area contributed by atoms with Gasteiger partial charge in [0.15, 0.2) is 0 Å². The van der Waals surface area contributed by atoms with E-state index in [9.17, 15) is 29.1 Å². The molecule has 1 fully saturated rings. The van der Waals surface area contributed by atoms with Crippen molar-refractivity contribution in [2.45, 2.75) is 63.2 Å². The Balaban J connectivity index is 2.10. The third kappa shape index (κ3) is 7.44. The van der Waals surface area contributed by atoms with Gasteiger partial charge in [-0.25, -0.2) is 0 Å². The van der Waals surface area contributed by atoms with E-state index in [1.165, 1.54) is 24.0 Å². The van der Waals surface area contributed by atoms with Gasteiger partial charge in [0, 0.05) is 13.0 Å². The second kappa shape index (κ2) is 12.0. The molecule has 0 radical (unpaired) electrons. The molecule has 186 valence electrons. The summed E-state index contributed by atoms with van der Waals surface area (Å²) in [7, 11) is 0. The molecule has 2 rings (SSSR count). The molecule has 1 aromatic rings. The van der Waals surface area contributed by atoms with Crippen LogP contribution in [0.2, 0.25) is 0 Å². The third-order valence-corrected chi connectivity index (χ3v) is 5.59. The highest BCUT2D eigenvalue weighted by molar-refractivity contribution is 5.94. The highest BCUT2D eigenvalue weighted by Crippen LogP contribution is 2.20. The van der Waals surface area contributed by atoms with Crippen LogP contribution in [-0.4, -0.2) is 75.4 Å². The number of carbonyl (C=O) groups excluding carboxylic acids is 4. The maximum atomic E-state index is 13.2. The number of hydrogen-bond donors (Lipinski definition) is 6. The van der Waals surface area contributed by atoms with E-state index in [0.29, 0.717) is 18.4 Å². The molecule has 0 bridgehead atoms. The van der Waals surface area contributed by atoms with Crippen molar-refractivity contribution in [2.24, 2.45) is 11.5 Å². The first kappa shape index (κ1) is 26.6. The summed E-state index contributed by atoms with van der Waals surface area (Å²) >= 11 is 0. The second-order valence-electron chi connectivity index (χ2n) is 8.30. The van der Waals surface area contributed by atoms with Crippen LogP contribution in [0.4, 0.5) is 0 Å². The van der Waals surface area contributed by atoms with Crippen molar-refractivity contribution >= 4 is 29.6 Å². The number of phenolic OH excluding ortho intramolecular Hbond substituents is 1. The van der Waals surface area contributed by atoms with Crippen LogP contribution in [0.5, 0.6) is 5.75 Å². The van der Waals surface area contributed by atoms with Crippen LogP contribution >= 0.6 is 0 Å². The summed E-state index contributed by atoms with van der Waals surface area (Å²) in [6.45, 7) is 1.55. The Morgan fingerprint density at radius 2 is 1.79 bits per heavy atom. The van der Waals surface area contributed by atoms with Gasteiger partial charge in [0.25, 0.3) is 0 Å². The SMILES string of the molecule is CC(NC(=O)C1CCCN1C(=O)C(CCC(N)=O)NC(=O)C(N)Cc1ccc(O)cc1)C(=O)O. The van der Waals surface area contributed by atoms with Gasteiger partial charge in [-0.1, -0.05) is 12.1 Å². The van der Waals surface area contributed by atoms with Crippen LogP contribution in [-0.2, 0) is 30.4 Å². The number of primary amides is 1. The molecule has 0 spiro atoms. The van der Waals surface area contributed by atoms with Crippen LogP contribution in [0, 0.1) is 0 Å². The maximum Gasteiger partial charge on any atom is 0.325 e. The molecule has 4 amide bonds. The summed E-state index contributed by atoms with van der Waals surface area (Å²) in [4.78, 5) is 62.1. The summed E-state index contributed by atoms with van der Waals surface area (Å²) in [5.41, 5.74) is 11.9. The lowest BCUT2D eigenvalue weighted by Crippen LogP contribution is -2.56. The lowest BCUT2D eigenvalue weighted by atomic mass is 10.0. The van der Waals surface area contributed by atoms with Crippen molar-refractivity contribution in [3.63, 3.8) is 0 Å². The molecule has 4 atom stereocenters. The Bertz CT molecular complexity index is 921. The monoisotopic (exact) mass is 477 g/mol. The second-order valence-corrected chi connectivity index (χ2v) is 8.30. The number of rotatable bonds is 11. The number of nitrogens with two attached hydrogens (primary N) is 2. The molecule has 4 unspecified atom stereocenters. The third-order valence-electron chi connectivity index (χ3n) is 5.59. The van der Waals surface area contributed by atoms with Gasteiger partial charge in [-0.3, -0.25) is 24.0 Å². The fourth-order valence-corrected chi connectivity index (χ4v) is 3.68. The highest BCUT2D eigenvalue weighted by atomic mass is 16.4. The quantitative estimate of drug-likeness (QED) is 0.223. The number of aliphatic carboxylic acids is 1. The van der Waals surface area contributed by atoms with E-state index < -0.39 is 53.8 Å². The summed E-state index contributed by atoms with van der Waals surface area (Å²) in [6.07, 6.45) is 0.737. The number of carbonyl (C=O) groups is 5. The summed E-state index contributed by atoms with van der Waals surface area (Å²) in [6, 6.07) is 1.97. The number of amides is 4. The normalized spacial score (nSPS) is 17.9. The zero-order valence-electron chi connectivity index (χ0n) is 18.9. The molecule has 8 N–H and O–H groups in total. The van der Waals surface area contributed by atoms with E-state index in [-0.39, 0.29) is 31.6 Å².